The first-order chi connectivity index (χ1) is 18.6. The standard InChI is InChI=1S/C26H31N3O10/c1-38-21-11-10-18(13-20(21)30)24(34)29(15-23(32)33)14-22(31)28-19(25(35)36)9-5-6-12-27-26(37)39-16-17-7-3-2-4-8-17/h2-4,7-8,10-11,13,19,30H,5-6,9,12,14-16H2,1H3,(H,27,37)(H,28,31)(H,32,33)(H,35,36)/t19-/m1/s1. The van der Waals surface area contributed by atoms with Gasteiger partial charge in [-0.25, -0.2) is 9.59 Å². The molecule has 0 aromatic heterocycles. The van der Waals surface area contributed by atoms with Gasteiger partial charge in [-0.3, -0.25) is 14.4 Å². The molecule has 0 aliphatic carbocycles. The Morgan fingerprint density at radius 1 is 0.974 bits per heavy atom. The highest BCUT2D eigenvalue weighted by molar-refractivity contribution is 5.99. The van der Waals surface area contributed by atoms with Crippen LogP contribution in [0.5, 0.6) is 11.5 Å². The Hall–Kier alpha value is -4.81. The van der Waals surface area contributed by atoms with Crippen molar-refractivity contribution < 1.29 is 48.8 Å². The number of aliphatic carboxylic acids is 2. The van der Waals surface area contributed by atoms with E-state index in [0.29, 0.717) is 17.7 Å². The molecule has 0 aliphatic rings. The molecule has 2 aromatic rings. The zero-order chi connectivity index (χ0) is 28.8. The van der Waals surface area contributed by atoms with Gasteiger partial charge in [0.15, 0.2) is 11.5 Å². The summed E-state index contributed by atoms with van der Waals surface area (Å²) in [5.41, 5.74) is 0.741. The first kappa shape index (κ1) is 30.4. The summed E-state index contributed by atoms with van der Waals surface area (Å²) >= 11 is 0. The Morgan fingerprint density at radius 3 is 2.31 bits per heavy atom. The summed E-state index contributed by atoms with van der Waals surface area (Å²) in [6.45, 7) is -1.22. The Balaban J connectivity index is 1.83. The Kier molecular flexibility index (Phi) is 12.0. The highest BCUT2D eigenvalue weighted by atomic mass is 16.5. The number of hydrogen-bond acceptors (Lipinski definition) is 8. The van der Waals surface area contributed by atoms with Gasteiger partial charge in [-0.15, -0.1) is 0 Å². The van der Waals surface area contributed by atoms with Gasteiger partial charge in [0.1, 0.15) is 25.7 Å². The highest BCUT2D eigenvalue weighted by Gasteiger charge is 2.25. The number of phenolic OH excluding ortho intramolecular Hbond substituents is 1. The number of methoxy groups -OCH3 is 1. The molecule has 0 fully saturated rings. The number of phenols is 1. The van der Waals surface area contributed by atoms with Crippen molar-refractivity contribution in [3.05, 3.63) is 59.7 Å². The molecule has 39 heavy (non-hydrogen) atoms. The van der Waals surface area contributed by atoms with E-state index in [4.69, 9.17) is 14.6 Å². The summed E-state index contributed by atoms with van der Waals surface area (Å²) in [4.78, 5) is 60.7. The maximum absolute atomic E-state index is 12.8. The minimum absolute atomic E-state index is 0.0288. The molecule has 13 nitrogen and oxygen atoms in total. The molecular formula is C26H31N3O10. The average molecular weight is 546 g/mol. The van der Waals surface area contributed by atoms with E-state index in [2.05, 4.69) is 10.6 Å². The van der Waals surface area contributed by atoms with Crippen molar-refractivity contribution in [2.24, 2.45) is 0 Å². The number of unbranched alkanes of at least 4 members (excludes halogenated alkanes) is 1. The normalized spacial score (nSPS) is 11.1. The Bertz CT molecular complexity index is 1160. The van der Waals surface area contributed by atoms with Gasteiger partial charge in [-0.1, -0.05) is 30.3 Å². The molecule has 0 saturated heterocycles. The molecule has 210 valence electrons. The van der Waals surface area contributed by atoms with Crippen molar-refractivity contribution >= 4 is 29.8 Å². The van der Waals surface area contributed by atoms with Crippen molar-refractivity contribution in [3.8, 4) is 11.5 Å². The van der Waals surface area contributed by atoms with Crippen LogP contribution in [-0.2, 0) is 25.7 Å². The second-order valence-electron chi connectivity index (χ2n) is 8.38. The predicted octanol–water partition coefficient (Wildman–Crippen LogP) is 1.59. The van der Waals surface area contributed by atoms with Gasteiger partial charge in [-0.05, 0) is 43.0 Å². The van der Waals surface area contributed by atoms with E-state index < -0.39 is 49.0 Å². The van der Waals surface area contributed by atoms with Gasteiger partial charge in [0.05, 0.1) is 7.11 Å². The van der Waals surface area contributed by atoms with Crippen LogP contribution in [-0.4, -0.2) is 82.9 Å². The number of ether oxygens (including phenoxy) is 2. The van der Waals surface area contributed by atoms with Crippen molar-refractivity contribution in [2.45, 2.75) is 31.9 Å². The minimum atomic E-state index is -1.39. The summed E-state index contributed by atoms with van der Waals surface area (Å²) < 4.78 is 9.99. The molecule has 0 unspecified atom stereocenters. The van der Waals surface area contributed by atoms with E-state index in [1.54, 1.807) is 0 Å². The monoisotopic (exact) mass is 545 g/mol. The number of carbonyl (C=O) groups is 5. The fraction of sp³-hybridized carbons (Fsp3) is 0.346. The lowest BCUT2D eigenvalue weighted by Gasteiger charge is -2.22. The Labute approximate surface area is 224 Å². The molecule has 2 aromatic carbocycles. The van der Waals surface area contributed by atoms with Gasteiger partial charge in [0.2, 0.25) is 5.91 Å². The van der Waals surface area contributed by atoms with Gasteiger partial charge < -0.3 is 40.3 Å². The third-order valence-corrected chi connectivity index (χ3v) is 5.41. The van der Waals surface area contributed by atoms with E-state index in [1.807, 2.05) is 30.3 Å². The van der Waals surface area contributed by atoms with Crippen LogP contribution in [0.2, 0.25) is 0 Å². The molecule has 0 spiro atoms. The smallest absolute Gasteiger partial charge is 0.407 e. The van der Waals surface area contributed by atoms with E-state index in [-0.39, 0.29) is 36.6 Å². The second-order valence-corrected chi connectivity index (χ2v) is 8.38. The van der Waals surface area contributed by atoms with Crippen LogP contribution < -0.4 is 15.4 Å². The number of alkyl carbamates (subject to hydrolysis) is 1. The summed E-state index contributed by atoms with van der Waals surface area (Å²) in [5.74, 6) is -4.70. The summed E-state index contributed by atoms with van der Waals surface area (Å²) in [5, 5.41) is 33.4. The largest absolute Gasteiger partial charge is 0.504 e. The summed E-state index contributed by atoms with van der Waals surface area (Å²) in [6.07, 6.45) is 0.153. The summed E-state index contributed by atoms with van der Waals surface area (Å²) in [7, 11) is 1.31. The maximum atomic E-state index is 12.8. The van der Waals surface area contributed by atoms with Crippen LogP contribution in [0.1, 0.15) is 35.2 Å². The van der Waals surface area contributed by atoms with Crippen LogP contribution >= 0.6 is 0 Å². The van der Waals surface area contributed by atoms with Crippen LogP contribution in [0.4, 0.5) is 4.79 Å². The number of carboxylic acids is 2. The second kappa shape index (κ2) is 15.4. The van der Waals surface area contributed by atoms with Crippen LogP contribution in [0.15, 0.2) is 48.5 Å². The lowest BCUT2D eigenvalue weighted by Crippen LogP contribution is -2.48. The first-order valence-corrected chi connectivity index (χ1v) is 12.0. The average Bonchev–Trinajstić information content (AvgIpc) is 2.90. The van der Waals surface area contributed by atoms with E-state index in [1.165, 1.54) is 19.2 Å². The van der Waals surface area contributed by atoms with Gasteiger partial charge >= 0.3 is 18.0 Å². The fourth-order valence-electron chi connectivity index (χ4n) is 3.48. The molecule has 0 bridgehead atoms. The van der Waals surface area contributed by atoms with Gasteiger partial charge in [0, 0.05) is 12.1 Å². The molecule has 0 radical (unpaired) electrons. The molecule has 1 atom stereocenters. The van der Waals surface area contributed by atoms with Crippen molar-refractivity contribution in [1.82, 2.24) is 15.5 Å². The molecular weight excluding hydrogens is 514 g/mol. The number of hydrogen-bond donors (Lipinski definition) is 5. The van der Waals surface area contributed by atoms with Crippen LogP contribution in [0, 0.1) is 0 Å². The number of nitrogens with one attached hydrogen (secondary N) is 2. The fourth-order valence-corrected chi connectivity index (χ4v) is 3.48. The van der Waals surface area contributed by atoms with Gasteiger partial charge in [0.25, 0.3) is 5.91 Å². The summed E-state index contributed by atoms with van der Waals surface area (Å²) in [6, 6.07) is 11.5. The lowest BCUT2D eigenvalue weighted by molar-refractivity contribution is -0.142. The van der Waals surface area contributed by atoms with Crippen molar-refractivity contribution in [3.63, 3.8) is 0 Å². The van der Waals surface area contributed by atoms with E-state index in [0.717, 1.165) is 11.6 Å². The molecule has 13 heteroatoms. The Morgan fingerprint density at radius 2 is 1.69 bits per heavy atom. The number of aromatic hydroxyl groups is 1. The highest BCUT2D eigenvalue weighted by Crippen LogP contribution is 2.26. The molecule has 5 N–H and O–H groups in total. The quantitative estimate of drug-likeness (QED) is 0.205. The van der Waals surface area contributed by atoms with Crippen molar-refractivity contribution in [2.75, 3.05) is 26.7 Å². The lowest BCUT2D eigenvalue weighted by atomic mass is 10.1. The number of nitrogens with zero attached hydrogens (tertiary/aromatic N) is 1. The number of rotatable bonds is 15. The predicted molar refractivity (Wildman–Crippen MR) is 136 cm³/mol. The molecule has 0 aliphatic heterocycles. The van der Waals surface area contributed by atoms with Gasteiger partial charge in [-0.2, -0.15) is 0 Å². The molecule has 0 heterocycles. The number of amides is 3. The zero-order valence-electron chi connectivity index (χ0n) is 21.3. The van der Waals surface area contributed by atoms with E-state index in [9.17, 15) is 34.2 Å². The number of carbonyl (C=O) groups excluding carboxylic acids is 3. The first-order valence-electron chi connectivity index (χ1n) is 12.0. The molecule has 3 amide bonds. The third-order valence-electron chi connectivity index (χ3n) is 5.41. The molecule has 2 rings (SSSR count). The SMILES string of the molecule is COc1ccc(C(=O)N(CC(=O)O)CC(=O)N[C@H](CCCCNC(=O)OCc2ccccc2)C(=O)O)cc1O. The maximum Gasteiger partial charge on any atom is 0.407 e. The topological polar surface area (TPSA) is 192 Å². The van der Waals surface area contributed by atoms with Crippen LogP contribution in [0.25, 0.3) is 0 Å². The molecule has 0 saturated carbocycles. The van der Waals surface area contributed by atoms with E-state index >= 15 is 0 Å². The van der Waals surface area contributed by atoms with Crippen molar-refractivity contribution in [1.29, 1.82) is 0 Å². The number of benzene rings is 2. The zero-order valence-corrected chi connectivity index (χ0v) is 21.3. The minimum Gasteiger partial charge on any atom is -0.504 e. The number of carboxylic acid groups (broad SMARTS) is 2. The third kappa shape index (κ3) is 10.6. The van der Waals surface area contributed by atoms with Crippen LogP contribution in [0.3, 0.4) is 0 Å².